The van der Waals surface area contributed by atoms with Crippen LogP contribution in [0.1, 0.15) is 10.6 Å². The number of nitrogens with zero attached hydrogens (tertiary/aromatic N) is 1. The van der Waals surface area contributed by atoms with Crippen LogP contribution in [-0.2, 0) is 22.0 Å². The van der Waals surface area contributed by atoms with Gasteiger partial charge in [0.2, 0.25) is 0 Å². The third kappa shape index (κ3) is 2.21. The molecule has 0 atom stereocenters. The van der Waals surface area contributed by atoms with Gasteiger partial charge in [-0.15, -0.1) is 28.3 Å². The first-order valence-electron chi connectivity index (χ1n) is 3.51. The Hall–Kier alpha value is -0.140. The summed E-state index contributed by atoms with van der Waals surface area (Å²) in [5, 5.41) is 0.470. The van der Waals surface area contributed by atoms with Crippen LogP contribution in [0.2, 0.25) is 0 Å². The van der Waals surface area contributed by atoms with Gasteiger partial charge in [-0.1, -0.05) is 0 Å². The summed E-state index contributed by atoms with van der Waals surface area (Å²) in [6.45, 7) is 0. The smallest absolute Gasteiger partial charge is 0.180 e. The standard InChI is InChI=1S/C6H8N2O2S2.BrH/c7-6-8-4-1-2-12(9,10)3-5(4)11-6;/h1-3H2,(H2,7,8);1H. The van der Waals surface area contributed by atoms with Crippen molar-refractivity contribution in [2.45, 2.75) is 12.2 Å². The monoisotopic (exact) mass is 284 g/mol. The lowest BCUT2D eigenvalue weighted by Gasteiger charge is -2.08. The number of nitrogen functional groups attached to an aromatic ring is 1. The van der Waals surface area contributed by atoms with Crippen molar-refractivity contribution in [2.24, 2.45) is 0 Å². The Balaban J connectivity index is 0.000000845. The van der Waals surface area contributed by atoms with E-state index in [2.05, 4.69) is 4.98 Å². The second-order valence-electron chi connectivity index (χ2n) is 2.76. The first-order valence-corrected chi connectivity index (χ1v) is 6.15. The minimum absolute atomic E-state index is 0. The van der Waals surface area contributed by atoms with Crippen molar-refractivity contribution in [2.75, 3.05) is 11.5 Å². The van der Waals surface area contributed by atoms with Gasteiger partial charge in [-0.2, -0.15) is 0 Å². The van der Waals surface area contributed by atoms with Crippen molar-refractivity contribution in [1.82, 2.24) is 4.98 Å². The van der Waals surface area contributed by atoms with Crippen molar-refractivity contribution in [1.29, 1.82) is 0 Å². The lowest BCUT2D eigenvalue weighted by Crippen LogP contribution is -2.17. The number of thiazole rings is 1. The maximum atomic E-state index is 11.2. The summed E-state index contributed by atoms with van der Waals surface area (Å²) < 4.78 is 22.3. The maximum absolute atomic E-state index is 11.2. The average molecular weight is 285 g/mol. The van der Waals surface area contributed by atoms with Gasteiger partial charge in [0.05, 0.1) is 17.2 Å². The Labute approximate surface area is 90.9 Å². The molecule has 1 aromatic rings. The van der Waals surface area contributed by atoms with Gasteiger partial charge < -0.3 is 5.73 Å². The minimum Gasteiger partial charge on any atom is -0.375 e. The van der Waals surface area contributed by atoms with E-state index in [-0.39, 0.29) is 28.5 Å². The minimum atomic E-state index is -2.87. The lowest BCUT2D eigenvalue weighted by molar-refractivity contribution is 0.591. The Bertz CT molecular complexity index is 412. The second-order valence-corrected chi connectivity index (χ2v) is 6.06. The predicted octanol–water partition coefficient (Wildman–Crippen LogP) is 0.774. The van der Waals surface area contributed by atoms with E-state index < -0.39 is 9.84 Å². The number of halogens is 1. The summed E-state index contributed by atoms with van der Waals surface area (Å²) in [6, 6.07) is 0. The van der Waals surface area contributed by atoms with Crippen LogP contribution in [0.4, 0.5) is 5.13 Å². The first kappa shape index (κ1) is 10.9. The first-order chi connectivity index (χ1) is 5.57. The summed E-state index contributed by atoms with van der Waals surface area (Å²) in [5.41, 5.74) is 6.33. The van der Waals surface area contributed by atoms with Crippen LogP contribution in [0.3, 0.4) is 0 Å². The van der Waals surface area contributed by atoms with Crippen LogP contribution >= 0.6 is 28.3 Å². The SMILES string of the molecule is Br.Nc1nc2c(s1)CS(=O)(=O)CC2. The molecule has 0 radical (unpaired) electrons. The molecular formula is C6H9BrN2O2S2. The topological polar surface area (TPSA) is 73.0 Å². The molecule has 2 heterocycles. The molecule has 0 bridgehead atoms. The average Bonchev–Trinajstić information content (AvgIpc) is 2.26. The van der Waals surface area contributed by atoms with E-state index in [1.165, 1.54) is 11.3 Å². The summed E-state index contributed by atoms with van der Waals surface area (Å²) in [4.78, 5) is 4.87. The lowest BCUT2D eigenvalue weighted by atomic mass is 10.3. The van der Waals surface area contributed by atoms with Crippen molar-refractivity contribution in [3.63, 3.8) is 0 Å². The fraction of sp³-hybridized carbons (Fsp3) is 0.500. The number of fused-ring (bicyclic) bond motifs is 1. The molecule has 0 aromatic carbocycles. The molecule has 2 rings (SSSR count). The number of nitrogens with two attached hydrogens (primary N) is 1. The third-order valence-electron chi connectivity index (χ3n) is 1.80. The molecule has 1 aliphatic heterocycles. The fourth-order valence-electron chi connectivity index (χ4n) is 1.24. The Morgan fingerprint density at radius 3 is 2.85 bits per heavy atom. The highest BCUT2D eigenvalue weighted by Gasteiger charge is 2.24. The molecule has 0 spiro atoms. The van der Waals surface area contributed by atoms with E-state index in [9.17, 15) is 8.42 Å². The van der Waals surface area contributed by atoms with Gasteiger partial charge in [-0.3, -0.25) is 0 Å². The van der Waals surface area contributed by atoms with Gasteiger partial charge in [0.1, 0.15) is 0 Å². The van der Waals surface area contributed by atoms with E-state index in [0.29, 0.717) is 11.6 Å². The molecule has 0 fully saturated rings. The Morgan fingerprint density at radius 2 is 2.15 bits per heavy atom. The van der Waals surface area contributed by atoms with Crippen LogP contribution in [0.25, 0.3) is 0 Å². The highest BCUT2D eigenvalue weighted by molar-refractivity contribution is 8.93. The maximum Gasteiger partial charge on any atom is 0.180 e. The molecule has 0 saturated heterocycles. The predicted molar refractivity (Wildman–Crippen MR) is 58.0 cm³/mol. The van der Waals surface area contributed by atoms with Gasteiger partial charge in [-0.05, 0) is 0 Å². The summed E-state index contributed by atoms with van der Waals surface area (Å²) in [6.07, 6.45) is 0.519. The normalized spacial score (nSPS) is 18.8. The van der Waals surface area contributed by atoms with Crippen LogP contribution in [-0.4, -0.2) is 19.2 Å². The highest BCUT2D eigenvalue weighted by Crippen LogP contribution is 2.27. The van der Waals surface area contributed by atoms with Crippen LogP contribution in [0, 0.1) is 0 Å². The zero-order valence-electron chi connectivity index (χ0n) is 6.69. The number of aryl methyl sites for hydroxylation is 1. The molecule has 0 saturated carbocycles. The number of hydrogen-bond donors (Lipinski definition) is 1. The van der Waals surface area contributed by atoms with Crippen molar-refractivity contribution in [3.8, 4) is 0 Å². The number of aromatic nitrogens is 1. The molecule has 1 aromatic heterocycles. The zero-order valence-corrected chi connectivity index (χ0v) is 10.0. The fourth-order valence-corrected chi connectivity index (χ4v) is 3.90. The van der Waals surface area contributed by atoms with E-state index >= 15 is 0 Å². The van der Waals surface area contributed by atoms with E-state index in [1.54, 1.807) is 0 Å². The van der Waals surface area contributed by atoms with Crippen molar-refractivity contribution >= 4 is 43.3 Å². The van der Waals surface area contributed by atoms with Crippen LogP contribution in [0.15, 0.2) is 0 Å². The molecule has 0 aliphatic carbocycles. The number of anilines is 1. The Kier molecular flexibility index (Phi) is 2.98. The van der Waals surface area contributed by atoms with Crippen LogP contribution in [0.5, 0.6) is 0 Å². The summed E-state index contributed by atoms with van der Waals surface area (Å²) >= 11 is 1.28. The second kappa shape index (κ2) is 3.55. The highest BCUT2D eigenvalue weighted by atomic mass is 79.9. The molecule has 2 N–H and O–H groups in total. The molecule has 74 valence electrons. The molecule has 1 aliphatic rings. The Morgan fingerprint density at radius 1 is 1.46 bits per heavy atom. The molecular weight excluding hydrogens is 276 g/mol. The number of sulfone groups is 1. The van der Waals surface area contributed by atoms with Crippen LogP contribution < -0.4 is 5.73 Å². The quantitative estimate of drug-likeness (QED) is 0.764. The van der Waals surface area contributed by atoms with Crippen molar-refractivity contribution in [3.05, 3.63) is 10.6 Å². The van der Waals surface area contributed by atoms with Gasteiger partial charge in [0.25, 0.3) is 0 Å². The third-order valence-corrected chi connectivity index (χ3v) is 4.46. The molecule has 0 amide bonds. The number of hydrogen-bond acceptors (Lipinski definition) is 5. The summed E-state index contributed by atoms with van der Waals surface area (Å²) in [5.74, 6) is 0.334. The molecule has 7 heteroatoms. The molecule has 13 heavy (non-hydrogen) atoms. The molecule has 4 nitrogen and oxygen atoms in total. The van der Waals surface area contributed by atoms with Gasteiger partial charge in [-0.25, -0.2) is 13.4 Å². The van der Waals surface area contributed by atoms with E-state index in [1.807, 2.05) is 0 Å². The zero-order chi connectivity index (χ0) is 8.77. The van der Waals surface area contributed by atoms with E-state index in [0.717, 1.165) is 10.6 Å². The van der Waals surface area contributed by atoms with Gasteiger partial charge >= 0.3 is 0 Å². The van der Waals surface area contributed by atoms with Gasteiger partial charge in [0, 0.05) is 11.3 Å². The van der Waals surface area contributed by atoms with Gasteiger partial charge in [0.15, 0.2) is 15.0 Å². The molecule has 0 unspecified atom stereocenters. The summed E-state index contributed by atoms with van der Waals surface area (Å²) in [7, 11) is -2.87. The van der Waals surface area contributed by atoms with E-state index in [4.69, 9.17) is 5.73 Å². The van der Waals surface area contributed by atoms with Crippen molar-refractivity contribution < 1.29 is 8.42 Å². The largest absolute Gasteiger partial charge is 0.375 e. The number of rotatable bonds is 0.